The number of hydrogen-bond donors (Lipinski definition) is 0. The summed E-state index contributed by atoms with van der Waals surface area (Å²) < 4.78 is 5.73. The largest absolute Gasteiger partial charge is 0.375 e. The van der Waals surface area contributed by atoms with Crippen molar-refractivity contribution >= 4 is 0 Å². The molecule has 2 atom stereocenters. The summed E-state index contributed by atoms with van der Waals surface area (Å²) in [7, 11) is 0. The van der Waals surface area contributed by atoms with E-state index in [0.29, 0.717) is 5.92 Å². The van der Waals surface area contributed by atoms with Crippen LogP contribution >= 0.6 is 0 Å². The highest BCUT2D eigenvalue weighted by Gasteiger charge is 2.27. The Hall–Kier alpha value is -0.0400. The molecule has 0 aliphatic heterocycles. The van der Waals surface area contributed by atoms with Crippen LogP contribution in [0.25, 0.3) is 0 Å². The molecule has 2 unspecified atom stereocenters. The molecule has 0 aliphatic rings. The lowest BCUT2D eigenvalue weighted by Crippen LogP contribution is -2.35. The minimum absolute atomic E-state index is 0.101. The lowest BCUT2D eigenvalue weighted by molar-refractivity contribution is -0.0670. The van der Waals surface area contributed by atoms with Crippen molar-refractivity contribution in [3.8, 4) is 0 Å². The van der Waals surface area contributed by atoms with Crippen LogP contribution in [0.4, 0.5) is 0 Å². The van der Waals surface area contributed by atoms with Gasteiger partial charge >= 0.3 is 0 Å². The van der Waals surface area contributed by atoms with Crippen molar-refractivity contribution in [2.45, 2.75) is 53.1 Å². The Labute approximate surface area is 71.1 Å². The smallest absolute Gasteiger partial charge is 0.0677 e. The number of hydrogen-bond acceptors (Lipinski definition) is 1. The lowest BCUT2D eigenvalue weighted by Gasteiger charge is -2.34. The summed E-state index contributed by atoms with van der Waals surface area (Å²) in [6.45, 7) is 11.8. The minimum atomic E-state index is 0.101. The molecule has 11 heavy (non-hydrogen) atoms. The van der Waals surface area contributed by atoms with Crippen molar-refractivity contribution in [1.29, 1.82) is 0 Å². The lowest BCUT2D eigenvalue weighted by atomic mass is 9.86. The van der Waals surface area contributed by atoms with Crippen molar-refractivity contribution in [3.05, 3.63) is 0 Å². The van der Waals surface area contributed by atoms with Crippen molar-refractivity contribution in [1.82, 2.24) is 0 Å². The zero-order chi connectivity index (χ0) is 8.91. The molecule has 1 nitrogen and oxygen atoms in total. The fourth-order valence-electron chi connectivity index (χ4n) is 1.35. The SMILES string of the molecule is CCOC(C)(CC)C(C)CC. The average molecular weight is 158 g/mol. The summed E-state index contributed by atoms with van der Waals surface area (Å²) in [4.78, 5) is 0. The predicted molar refractivity (Wildman–Crippen MR) is 49.8 cm³/mol. The first-order chi connectivity index (χ1) is 5.10. The van der Waals surface area contributed by atoms with Gasteiger partial charge in [0, 0.05) is 6.61 Å². The van der Waals surface area contributed by atoms with Crippen molar-refractivity contribution in [2.75, 3.05) is 6.61 Å². The molecule has 0 amide bonds. The second-order valence-electron chi connectivity index (χ2n) is 3.41. The monoisotopic (exact) mass is 158 g/mol. The van der Waals surface area contributed by atoms with Crippen molar-refractivity contribution in [3.63, 3.8) is 0 Å². The fourth-order valence-corrected chi connectivity index (χ4v) is 1.35. The van der Waals surface area contributed by atoms with E-state index in [4.69, 9.17) is 4.74 Å². The van der Waals surface area contributed by atoms with E-state index in [9.17, 15) is 0 Å². The second kappa shape index (κ2) is 4.76. The third-order valence-electron chi connectivity index (χ3n) is 2.83. The van der Waals surface area contributed by atoms with E-state index in [0.717, 1.165) is 13.0 Å². The Balaban J connectivity index is 4.07. The van der Waals surface area contributed by atoms with Gasteiger partial charge in [0.15, 0.2) is 0 Å². The third kappa shape index (κ3) is 2.82. The van der Waals surface area contributed by atoms with Gasteiger partial charge in [-0.1, -0.05) is 27.2 Å². The van der Waals surface area contributed by atoms with E-state index >= 15 is 0 Å². The maximum atomic E-state index is 5.73. The summed E-state index contributed by atoms with van der Waals surface area (Å²) in [5, 5.41) is 0. The quantitative estimate of drug-likeness (QED) is 0.597. The normalized spacial score (nSPS) is 19.4. The molecular weight excluding hydrogens is 136 g/mol. The molecule has 0 N–H and O–H groups in total. The maximum Gasteiger partial charge on any atom is 0.0677 e. The summed E-state index contributed by atoms with van der Waals surface area (Å²) in [5.74, 6) is 0.660. The van der Waals surface area contributed by atoms with Gasteiger partial charge in [0.2, 0.25) is 0 Å². The van der Waals surface area contributed by atoms with Gasteiger partial charge in [-0.25, -0.2) is 0 Å². The molecule has 0 radical (unpaired) electrons. The van der Waals surface area contributed by atoms with Crippen LogP contribution in [-0.2, 0) is 4.74 Å². The Kier molecular flexibility index (Phi) is 4.74. The van der Waals surface area contributed by atoms with Crippen LogP contribution in [0, 0.1) is 5.92 Å². The van der Waals surface area contributed by atoms with Crippen LogP contribution in [0.1, 0.15) is 47.5 Å². The Morgan fingerprint density at radius 2 is 1.82 bits per heavy atom. The van der Waals surface area contributed by atoms with Crippen LogP contribution in [-0.4, -0.2) is 12.2 Å². The first-order valence-corrected chi connectivity index (χ1v) is 4.74. The van der Waals surface area contributed by atoms with E-state index < -0.39 is 0 Å². The minimum Gasteiger partial charge on any atom is -0.375 e. The molecule has 0 saturated heterocycles. The zero-order valence-electron chi connectivity index (χ0n) is 8.61. The van der Waals surface area contributed by atoms with Gasteiger partial charge in [0.25, 0.3) is 0 Å². The maximum absolute atomic E-state index is 5.73. The summed E-state index contributed by atoms with van der Waals surface area (Å²) in [5.41, 5.74) is 0.101. The van der Waals surface area contributed by atoms with Crippen LogP contribution < -0.4 is 0 Å². The van der Waals surface area contributed by atoms with Gasteiger partial charge in [-0.15, -0.1) is 0 Å². The molecular formula is C10H22O. The Morgan fingerprint density at radius 1 is 1.27 bits per heavy atom. The zero-order valence-corrected chi connectivity index (χ0v) is 8.61. The number of rotatable bonds is 5. The molecule has 0 bridgehead atoms. The first-order valence-electron chi connectivity index (χ1n) is 4.74. The molecule has 0 spiro atoms. The Bertz CT molecular complexity index is 101. The van der Waals surface area contributed by atoms with E-state index in [1.54, 1.807) is 0 Å². The molecule has 0 saturated carbocycles. The molecule has 0 heterocycles. The van der Waals surface area contributed by atoms with Crippen LogP contribution in [0.3, 0.4) is 0 Å². The van der Waals surface area contributed by atoms with E-state index in [2.05, 4.69) is 34.6 Å². The van der Waals surface area contributed by atoms with Crippen LogP contribution in [0.5, 0.6) is 0 Å². The highest BCUT2D eigenvalue weighted by molar-refractivity contribution is 4.78. The van der Waals surface area contributed by atoms with E-state index in [1.165, 1.54) is 6.42 Å². The molecule has 0 aromatic heterocycles. The van der Waals surface area contributed by atoms with E-state index in [-0.39, 0.29) is 5.60 Å². The second-order valence-corrected chi connectivity index (χ2v) is 3.41. The third-order valence-corrected chi connectivity index (χ3v) is 2.83. The van der Waals surface area contributed by atoms with Gasteiger partial charge in [-0.2, -0.15) is 0 Å². The first kappa shape index (κ1) is 11.0. The summed E-state index contributed by atoms with van der Waals surface area (Å²) in [6, 6.07) is 0. The summed E-state index contributed by atoms with van der Waals surface area (Å²) >= 11 is 0. The van der Waals surface area contributed by atoms with Gasteiger partial charge in [-0.3, -0.25) is 0 Å². The average Bonchev–Trinajstić information content (AvgIpc) is 2.03. The standard InChI is InChI=1S/C10H22O/c1-6-9(4)10(5,7-2)11-8-3/h9H,6-8H2,1-5H3. The Morgan fingerprint density at radius 3 is 2.09 bits per heavy atom. The van der Waals surface area contributed by atoms with Gasteiger partial charge in [0.05, 0.1) is 5.60 Å². The highest BCUT2D eigenvalue weighted by Crippen LogP contribution is 2.27. The predicted octanol–water partition coefficient (Wildman–Crippen LogP) is 3.24. The molecule has 68 valence electrons. The topological polar surface area (TPSA) is 9.23 Å². The molecule has 0 aliphatic carbocycles. The van der Waals surface area contributed by atoms with Gasteiger partial charge in [-0.05, 0) is 26.2 Å². The van der Waals surface area contributed by atoms with Crippen LogP contribution in [0.15, 0.2) is 0 Å². The van der Waals surface area contributed by atoms with Gasteiger partial charge in [0.1, 0.15) is 0 Å². The molecule has 0 rings (SSSR count). The van der Waals surface area contributed by atoms with E-state index in [1.807, 2.05) is 0 Å². The van der Waals surface area contributed by atoms with Gasteiger partial charge < -0.3 is 4.74 Å². The molecule has 0 fully saturated rings. The fraction of sp³-hybridized carbons (Fsp3) is 1.00. The van der Waals surface area contributed by atoms with Crippen molar-refractivity contribution in [2.24, 2.45) is 5.92 Å². The number of ether oxygens (including phenoxy) is 1. The molecule has 1 heteroatoms. The summed E-state index contributed by atoms with van der Waals surface area (Å²) in [6.07, 6.45) is 2.31. The van der Waals surface area contributed by atoms with Crippen LogP contribution in [0.2, 0.25) is 0 Å². The van der Waals surface area contributed by atoms with Crippen molar-refractivity contribution < 1.29 is 4.74 Å². The molecule has 0 aromatic rings. The molecule has 0 aromatic carbocycles. The highest BCUT2D eigenvalue weighted by atomic mass is 16.5.